The highest BCUT2D eigenvalue weighted by Crippen LogP contribution is 2.29. The van der Waals surface area contributed by atoms with Gasteiger partial charge in [0, 0.05) is 23.9 Å². The van der Waals surface area contributed by atoms with E-state index < -0.39 is 5.60 Å². The van der Waals surface area contributed by atoms with Crippen LogP contribution in [0.1, 0.15) is 47.9 Å². The maximum atomic E-state index is 12.8. The predicted octanol–water partition coefficient (Wildman–Crippen LogP) is 3.88. The highest BCUT2D eigenvalue weighted by molar-refractivity contribution is 6.30. The first kappa shape index (κ1) is 17.1. The lowest BCUT2D eigenvalue weighted by molar-refractivity contribution is 0.0444. The zero-order valence-corrected chi connectivity index (χ0v) is 14.7. The van der Waals surface area contributed by atoms with Crippen LogP contribution in [0.2, 0.25) is 5.02 Å². The molecule has 1 saturated heterocycles. The molecule has 24 heavy (non-hydrogen) atoms. The van der Waals surface area contributed by atoms with Gasteiger partial charge in [0.2, 0.25) is 0 Å². The zero-order chi connectivity index (χ0) is 17.3. The van der Waals surface area contributed by atoms with Crippen molar-refractivity contribution in [1.82, 2.24) is 4.90 Å². The summed E-state index contributed by atoms with van der Waals surface area (Å²) in [6, 6.07) is 9.20. The molecule has 0 saturated carbocycles. The molecule has 1 amide bonds. The first-order chi connectivity index (χ1) is 11.4. The first-order valence-electron chi connectivity index (χ1n) is 8.21. The molecule has 1 fully saturated rings. The van der Waals surface area contributed by atoms with Gasteiger partial charge in [-0.05, 0) is 30.2 Å². The van der Waals surface area contributed by atoms with Crippen LogP contribution in [0.4, 0.5) is 0 Å². The number of carbonyl (C=O) groups excluding carboxylic acids is 1. The SMILES string of the molecule is CC(C)c1occc1C(=O)N1CCC(O)(Cc2cccc(Cl)c2)C1. The van der Waals surface area contributed by atoms with Crippen LogP contribution in [0, 0.1) is 0 Å². The van der Waals surface area contributed by atoms with E-state index in [0.29, 0.717) is 42.3 Å². The van der Waals surface area contributed by atoms with Crippen molar-refractivity contribution in [3.8, 4) is 0 Å². The van der Waals surface area contributed by atoms with Crippen LogP contribution in [0.15, 0.2) is 41.0 Å². The van der Waals surface area contributed by atoms with Crippen LogP contribution in [0.3, 0.4) is 0 Å². The molecule has 3 rings (SSSR count). The number of hydrogen-bond donors (Lipinski definition) is 1. The number of halogens is 1. The Morgan fingerprint density at radius 3 is 2.92 bits per heavy atom. The van der Waals surface area contributed by atoms with Gasteiger partial charge in [-0.15, -0.1) is 0 Å². The van der Waals surface area contributed by atoms with Crippen LogP contribution < -0.4 is 0 Å². The van der Waals surface area contributed by atoms with Crippen molar-refractivity contribution in [3.63, 3.8) is 0 Å². The molecular formula is C19H22ClNO3. The topological polar surface area (TPSA) is 53.7 Å². The molecule has 4 nitrogen and oxygen atoms in total. The minimum Gasteiger partial charge on any atom is -0.468 e. The number of carbonyl (C=O) groups is 1. The van der Waals surface area contributed by atoms with E-state index in [2.05, 4.69) is 0 Å². The third-order valence-electron chi connectivity index (χ3n) is 4.49. The molecule has 128 valence electrons. The van der Waals surface area contributed by atoms with Gasteiger partial charge < -0.3 is 14.4 Å². The average molecular weight is 348 g/mol. The maximum Gasteiger partial charge on any atom is 0.257 e. The summed E-state index contributed by atoms with van der Waals surface area (Å²) >= 11 is 6.01. The fraction of sp³-hybridized carbons (Fsp3) is 0.421. The first-order valence-corrected chi connectivity index (χ1v) is 8.59. The summed E-state index contributed by atoms with van der Waals surface area (Å²) in [6.45, 7) is 4.85. The Morgan fingerprint density at radius 1 is 1.42 bits per heavy atom. The molecule has 0 spiro atoms. The third kappa shape index (κ3) is 3.50. The van der Waals surface area contributed by atoms with Crippen molar-refractivity contribution < 1.29 is 14.3 Å². The smallest absolute Gasteiger partial charge is 0.257 e. The number of nitrogens with zero attached hydrogens (tertiary/aromatic N) is 1. The van der Waals surface area contributed by atoms with E-state index in [1.54, 1.807) is 17.2 Å². The lowest BCUT2D eigenvalue weighted by Gasteiger charge is -2.23. The standard InChI is InChI=1S/C19H22ClNO3/c1-13(2)17-16(6-9-24-17)18(22)21-8-7-19(23,12-21)11-14-4-3-5-15(20)10-14/h3-6,9-10,13,23H,7-8,11-12H2,1-2H3. The monoisotopic (exact) mass is 347 g/mol. The average Bonchev–Trinajstić information content (AvgIpc) is 3.13. The Hall–Kier alpha value is -1.78. The van der Waals surface area contributed by atoms with E-state index in [1.807, 2.05) is 38.1 Å². The number of furan rings is 1. The summed E-state index contributed by atoms with van der Waals surface area (Å²) in [6.07, 6.45) is 2.59. The van der Waals surface area contributed by atoms with Crippen molar-refractivity contribution >= 4 is 17.5 Å². The van der Waals surface area contributed by atoms with Gasteiger partial charge in [-0.2, -0.15) is 0 Å². The number of amides is 1. The summed E-state index contributed by atoms with van der Waals surface area (Å²) in [5, 5.41) is 11.5. The Bertz CT molecular complexity index is 740. The zero-order valence-electron chi connectivity index (χ0n) is 14.0. The largest absolute Gasteiger partial charge is 0.468 e. The van der Waals surface area contributed by atoms with E-state index in [9.17, 15) is 9.90 Å². The Kier molecular flexibility index (Phi) is 4.70. The molecule has 1 aromatic carbocycles. The maximum absolute atomic E-state index is 12.8. The summed E-state index contributed by atoms with van der Waals surface area (Å²) in [7, 11) is 0. The van der Waals surface area contributed by atoms with Gasteiger partial charge in [0.05, 0.1) is 24.0 Å². The Labute approximate surface area is 147 Å². The molecule has 1 aliphatic heterocycles. The molecule has 2 heterocycles. The molecule has 1 aromatic heterocycles. The normalized spacial score (nSPS) is 20.8. The quantitative estimate of drug-likeness (QED) is 0.913. The summed E-state index contributed by atoms with van der Waals surface area (Å²) in [5.74, 6) is 0.770. The Morgan fingerprint density at radius 2 is 2.21 bits per heavy atom. The van der Waals surface area contributed by atoms with Gasteiger partial charge in [0.1, 0.15) is 5.76 Å². The van der Waals surface area contributed by atoms with Crippen LogP contribution in [-0.2, 0) is 6.42 Å². The molecule has 0 radical (unpaired) electrons. The Balaban J connectivity index is 1.72. The molecule has 5 heteroatoms. The number of aliphatic hydroxyl groups is 1. The van der Waals surface area contributed by atoms with Crippen LogP contribution >= 0.6 is 11.6 Å². The molecule has 1 aliphatic rings. The highest BCUT2D eigenvalue weighted by Gasteiger charge is 2.39. The number of rotatable bonds is 4. The second kappa shape index (κ2) is 6.61. The fourth-order valence-electron chi connectivity index (χ4n) is 3.32. The third-order valence-corrected chi connectivity index (χ3v) is 4.73. The number of benzene rings is 1. The van der Waals surface area contributed by atoms with Crippen LogP contribution in [0.5, 0.6) is 0 Å². The molecule has 2 aromatic rings. The molecule has 1 unspecified atom stereocenters. The lowest BCUT2D eigenvalue weighted by atomic mass is 9.94. The number of likely N-dealkylation sites (tertiary alicyclic amines) is 1. The van der Waals surface area contributed by atoms with Gasteiger partial charge in [-0.3, -0.25) is 4.79 Å². The molecule has 0 aliphatic carbocycles. The van der Waals surface area contributed by atoms with Crippen molar-refractivity contribution in [3.05, 3.63) is 58.5 Å². The van der Waals surface area contributed by atoms with E-state index >= 15 is 0 Å². The summed E-state index contributed by atoms with van der Waals surface area (Å²) in [5.41, 5.74) is 0.657. The highest BCUT2D eigenvalue weighted by atomic mass is 35.5. The van der Waals surface area contributed by atoms with Crippen molar-refractivity contribution in [2.24, 2.45) is 0 Å². The number of hydrogen-bond acceptors (Lipinski definition) is 3. The fourth-order valence-corrected chi connectivity index (χ4v) is 3.53. The predicted molar refractivity (Wildman–Crippen MR) is 93.4 cm³/mol. The summed E-state index contributed by atoms with van der Waals surface area (Å²) in [4.78, 5) is 14.5. The second-order valence-corrected chi connectivity index (χ2v) is 7.30. The van der Waals surface area contributed by atoms with E-state index in [0.717, 1.165) is 5.56 Å². The van der Waals surface area contributed by atoms with Gasteiger partial charge in [0.25, 0.3) is 5.91 Å². The van der Waals surface area contributed by atoms with Gasteiger partial charge in [-0.1, -0.05) is 37.6 Å². The van der Waals surface area contributed by atoms with Crippen molar-refractivity contribution in [2.75, 3.05) is 13.1 Å². The van der Waals surface area contributed by atoms with E-state index in [4.69, 9.17) is 16.0 Å². The van der Waals surface area contributed by atoms with Crippen LogP contribution in [0.25, 0.3) is 0 Å². The number of β-amino-alcohol motifs (C(OH)–C–C–N with tert-alkyl or cyclic N) is 1. The van der Waals surface area contributed by atoms with Gasteiger partial charge in [0.15, 0.2) is 0 Å². The minimum absolute atomic E-state index is 0.0746. The van der Waals surface area contributed by atoms with Gasteiger partial charge in [-0.25, -0.2) is 0 Å². The molecular weight excluding hydrogens is 326 g/mol. The van der Waals surface area contributed by atoms with Gasteiger partial charge >= 0.3 is 0 Å². The van der Waals surface area contributed by atoms with Crippen LogP contribution in [-0.4, -0.2) is 34.6 Å². The summed E-state index contributed by atoms with van der Waals surface area (Å²) < 4.78 is 5.44. The second-order valence-electron chi connectivity index (χ2n) is 6.86. The molecule has 1 N–H and O–H groups in total. The minimum atomic E-state index is -0.915. The molecule has 0 bridgehead atoms. The lowest BCUT2D eigenvalue weighted by Crippen LogP contribution is -2.37. The van der Waals surface area contributed by atoms with Crippen molar-refractivity contribution in [1.29, 1.82) is 0 Å². The van der Waals surface area contributed by atoms with E-state index in [1.165, 1.54) is 0 Å². The van der Waals surface area contributed by atoms with E-state index in [-0.39, 0.29) is 11.8 Å². The van der Waals surface area contributed by atoms with Crippen molar-refractivity contribution in [2.45, 2.75) is 38.2 Å². The molecule has 1 atom stereocenters.